The molecule has 1 amide bonds. The third-order valence-electron chi connectivity index (χ3n) is 3.06. The highest BCUT2D eigenvalue weighted by atomic mass is 79.9. The number of nitrogens with one attached hydrogen (secondary N) is 1. The summed E-state index contributed by atoms with van der Waals surface area (Å²) >= 11 is 5.00. The molecule has 2 rings (SSSR count). The van der Waals surface area contributed by atoms with Gasteiger partial charge in [-0.1, -0.05) is 34.1 Å². The van der Waals surface area contributed by atoms with Gasteiger partial charge < -0.3 is 9.84 Å². The quantitative estimate of drug-likeness (QED) is 0.542. The van der Waals surface area contributed by atoms with Crippen LogP contribution in [0.5, 0.6) is 11.5 Å². The summed E-state index contributed by atoms with van der Waals surface area (Å²) in [6, 6.07) is 12.7. The van der Waals surface area contributed by atoms with Crippen molar-refractivity contribution < 1.29 is 14.6 Å². The molecule has 2 aromatic rings. The number of nitrogens with zero attached hydrogens (tertiary/aromatic N) is 1. The molecule has 0 fully saturated rings. The van der Waals surface area contributed by atoms with Crippen molar-refractivity contribution in [3.8, 4) is 11.5 Å². The molecule has 0 radical (unpaired) electrons. The molecule has 0 aliphatic rings. The number of phenolic OH excluding ortho intramolecular Hbond substituents is 1. The predicted octanol–water partition coefficient (Wildman–Crippen LogP) is 3.55. The van der Waals surface area contributed by atoms with Crippen LogP contribution in [0, 0.1) is 0 Å². The van der Waals surface area contributed by atoms with Gasteiger partial charge in [0, 0.05) is 10.2 Å². The van der Waals surface area contributed by atoms with E-state index in [1.165, 1.54) is 31.2 Å². The first-order valence-electron chi connectivity index (χ1n) is 7.10. The number of benzene rings is 2. The molecule has 24 heavy (non-hydrogen) atoms. The van der Waals surface area contributed by atoms with Crippen LogP contribution in [0.2, 0.25) is 0 Å². The Morgan fingerprint density at radius 3 is 2.92 bits per heavy atom. The number of carbonyl (C=O) groups is 1. The number of rotatable bonds is 7. The fourth-order valence-electron chi connectivity index (χ4n) is 1.85. The van der Waals surface area contributed by atoms with Gasteiger partial charge in [0.2, 0.25) is 5.91 Å². The number of thioether (sulfide) groups is 1. The monoisotopic (exact) mass is 408 g/mol. The maximum absolute atomic E-state index is 11.8. The molecule has 0 atom stereocenters. The molecular formula is C17H17BrN2O3S. The molecule has 2 aromatic carbocycles. The number of hydrazone groups is 1. The molecule has 0 saturated heterocycles. The van der Waals surface area contributed by atoms with E-state index in [4.69, 9.17) is 4.74 Å². The number of hydrogen-bond acceptors (Lipinski definition) is 5. The zero-order chi connectivity index (χ0) is 17.4. The van der Waals surface area contributed by atoms with Crippen LogP contribution in [0.3, 0.4) is 0 Å². The summed E-state index contributed by atoms with van der Waals surface area (Å²) in [5.41, 5.74) is 4.34. The Balaban J connectivity index is 1.77. The average Bonchev–Trinajstić information content (AvgIpc) is 2.58. The normalized spacial score (nSPS) is 10.8. The van der Waals surface area contributed by atoms with E-state index in [9.17, 15) is 9.90 Å². The number of methoxy groups -OCH3 is 1. The lowest BCUT2D eigenvalue weighted by molar-refractivity contribution is -0.118. The second-order valence-electron chi connectivity index (χ2n) is 4.81. The second kappa shape index (κ2) is 9.34. The molecule has 0 spiro atoms. The van der Waals surface area contributed by atoms with Gasteiger partial charge in [0.25, 0.3) is 0 Å². The number of carbonyl (C=O) groups excluding carboxylic acids is 1. The highest BCUT2D eigenvalue weighted by Gasteiger charge is 2.04. The Bertz CT molecular complexity index is 738. The molecule has 0 bridgehead atoms. The Morgan fingerprint density at radius 1 is 1.38 bits per heavy atom. The SMILES string of the molecule is COc1cc(/C=N\NC(=O)CSCc2ccccc2Br)ccc1O. The summed E-state index contributed by atoms with van der Waals surface area (Å²) in [6.07, 6.45) is 1.50. The number of hydrogen-bond donors (Lipinski definition) is 2. The van der Waals surface area contributed by atoms with Crippen molar-refractivity contribution in [3.63, 3.8) is 0 Å². The summed E-state index contributed by atoms with van der Waals surface area (Å²) in [4.78, 5) is 11.8. The van der Waals surface area contributed by atoms with Crippen LogP contribution in [-0.2, 0) is 10.5 Å². The van der Waals surface area contributed by atoms with E-state index in [1.807, 2.05) is 24.3 Å². The number of amides is 1. The molecule has 0 aliphatic carbocycles. The number of halogens is 1. The van der Waals surface area contributed by atoms with E-state index in [1.54, 1.807) is 12.1 Å². The summed E-state index contributed by atoms with van der Waals surface area (Å²) in [5.74, 6) is 1.30. The summed E-state index contributed by atoms with van der Waals surface area (Å²) in [6.45, 7) is 0. The number of ether oxygens (including phenoxy) is 1. The maximum atomic E-state index is 11.8. The smallest absolute Gasteiger partial charge is 0.250 e. The lowest BCUT2D eigenvalue weighted by Gasteiger charge is -2.04. The first-order chi connectivity index (χ1) is 11.6. The minimum atomic E-state index is -0.172. The summed E-state index contributed by atoms with van der Waals surface area (Å²) in [7, 11) is 1.47. The molecule has 0 unspecified atom stereocenters. The summed E-state index contributed by atoms with van der Waals surface area (Å²) in [5, 5.41) is 13.4. The standard InChI is InChI=1S/C17H17BrN2O3S/c1-23-16-8-12(6-7-15(16)21)9-19-20-17(22)11-24-10-13-4-2-3-5-14(13)18/h2-9,21H,10-11H2,1H3,(H,20,22)/b19-9-. The van der Waals surface area contributed by atoms with Crippen molar-refractivity contribution in [3.05, 3.63) is 58.1 Å². The molecule has 0 heterocycles. The van der Waals surface area contributed by atoms with Crippen molar-refractivity contribution in [1.82, 2.24) is 5.43 Å². The Labute approximate surface area is 153 Å². The number of phenols is 1. The van der Waals surface area contributed by atoms with Crippen LogP contribution < -0.4 is 10.2 Å². The second-order valence-corrected chi connectivity index (χ2v) is 6.65. The fraction of sp³-hybridized carbons (Fsp3) is 0.176. The van der Waals surface area contributed by atoms with Gasteiger partial charge in [-0.05, 0) is 35.4 Å². The fourth-order valence-corrected chi connectivity index (χ4v) is 3.29. The minimum Gasteiger partial charge on any atom is -0.504 e. The van der Waals surface area contributed by atoms with E-state index in [0.29, 0.717) is 17.1 Å². The van der Waals surface area contributed by atoms with Crippen LogP contribution in [0.25, 0.3) is 0 Å². The third kappa shape index (κ3) is 5.58. The van der Waals surface area contributed by atoms with Crippen molar-refractivity contribution in [2.45, 2.75) is 5.75 Å². The maximum Gasteiger partial charge on any atom is 0.250 e. The lowest BCUT2D eigenvalue weighted by atomic mass is 10.2. The minimum absolute atomic E-state index is 0.0576. The largest absolute Gasteiger partial charge is 0.504 e. The predicted molar refractivity (Wildman–Crippen MR) is 101 cm³/mol. The molecule has 126 valence electrons. The molecule has 5 nitrogen and oxygen atoms in total. The van der Waals surface area contributed by atoms with E-state index in [2.05, 4.69) is 26.5 Å². The van der Waals surface area contributed by atoms with Gasteiger partial charge in [-0.15, -0.1) is 11.8 Å². The first kappa shape index (κ1) is 18.4. The van der Waals surface area contributed by atoms with E-state index in [-0.39, 0.29) is 11.7 Å². The van der Waals surface area contributed by atoms with Gasteiger partial charge in [-0.25, -0.2) is 5.43 Å². The van der Waals surface area contributed by atoms with Crippen molar-refractivity contribution in [2.24, 2.45) is 5.10 Å². The van der Waals surface area contributed by atoms with E-state index >= 15 is 0 Å². The van der Waals surface area contributed by atoms with Gasteiger partial charge in [-0.2, -0.15) is 5.10 Å². The van der Waals surface area contributed by atoms with Gasteiger partial charge in [0.15, 0.2) is 11.5 Å². The van der Waals surface area contributed by atoms with Crippen LogP contribution in [0.1, 0.15) is 11.1 Å². The zero-order valence-electron chi connectivity index (χ0n) is 13.0. The molecule has 0 aliphatic heterocycles. The van der Waals surface area contributed by atoms with Crippen LogP contribution in [0.15, 0.2) is 52.0 Å². The Morgan fingerprint density at radius 2 is 2.17 bits per heavy atom. The van der Waals surface area contributed by atoms with Gasteiger partial charge >= 0.3 is 0 Å². The van der Waals surface area contributed by atoms with Crippen LogP contribution in [-0.4, -0.2) is 30.1 Å². The lowest BCUT2D eigenvalue weighted by Crippen LogP contribution is -2.19. The Kier molecular flexibility index (Phi) is 7.14. The zero-order valence-corrected chi connectivity index (χ0v) is 15.4. The Hall–Kier alpha value is -1.99. The van der Waals surface area contributed by atoms with E-state index < -0.39 is 0 Å². The van der Waals surface area contributed by atoms with Gasteiger partial charge in [0.05, 0.1) is 19.1 Å². The molecule has 0 aromatic heterocycles. The number of aromatic hydroxyl groups is 1. The first-order valence-corrected chi connectivity index (χ1v) is 9.05. The topological polar surface area (TPSA) is 70.9 Å². The van der Waals surface area contributed by atoms with Crippen molar-refractivity contribution in [1.29, 1.82) is 0 Å². The average molecular weight is 409 g/mol. The van der Waals surface area contributed by atoms with Gasteiger partial charge in [0.1, 0.15) is 0 Å². The van der Waals surface area contributed by atoms with Crippen LogP contribution in [0.4, 0.5) is 0 Å². The van der Waals surface area contributed by atoms with Crippen LogP contribution >= 0.6 is 27.7 Å². The molecule has 7 heteroatoms. The summed E-state index contributed by atoms with van der Waals surface area (Å²) < 4.78 is 6.05. The van der Waals surface area contributed by atoms with Crippen molar-refractivity contribution >= 4 is 39.8 Å². The third-order valence-corrected chi connectivity index (χ3v) is 4.81. The highest BCUT2D eigenvalue weighted by molar-refractivity contribution is 9.10. The highest BCUT2D eigenvalue weighted by Crippen LogP contribution is 2.25. The molecule has 2 N–H and O–H groups in total. The van der Waals surface area contributed by atoms with E-state index in [0.717, 1.165) is 15.8 Å². The molecular weight excluding hydrogens is 392 g/mol. The van der Waals surface area contributed by atoms with Gasteiger partial charge in [-0.3, -0.25) is 4.79 Å². The molecule has 0 saturated carbocycles. The van der Waals surface area contributed by atoms with Crippen molar-refractivity contribution in [2.75, 3.05) is 12.9 Å².